The molecule has 1 saturated heterocycles. The van der Waals surface area contributed by atoms with Crippen LogP contribution in [0, 0.1) is 17.9 Å². The molecular formula is C36H47O6. The Bertz CT molecular complexity index is 1110. The molecule has 1 heterocycles. The van der Waals surface area contributed by atoms with Crippen LogP contribution in [0.1, 0.15) is 95.6 Å². The van der Waals surface area contributed by atoms with Crippen LogP contribution >= 0.6 is 0 Å². The first-order valence-corrected chi connectivity index (χ1v) is 15.8. The molecule has 2 aliphatic rings. The maximum atomic E-state index is 13.1. The van der Waals surface area contributed by atoms with Crippen LogP contribution in [0.25, 0.3) is 0 Å². The SMILES string of the molecule is [CH]=CC(CC1(c2ccccc2)O[C@@H](C(=O)OCC)[C@H](C(=O)OCC)O1)C1(CCCCC)CCC(c2ccccc2)CC1. The van der Waals surface area contributed by atoms with E-state index in [2.05, 4.69) is 37.3 Å². The van der Waals surface area contributed by atoms with Gasteiger partial charge in [-0.15, -0.1) is 0 Å². The van der Waals surface area contributed by atoms with Gasteiger partial charge in [-0.2, -0.15) is 0 Å². The second kappa shape index (κ2) is 15.0. The standard InChI is InChI=1S/C36H47O6/c1-5-9-16-23-35(24-21-28(22-25-35)27-17-12-10-13-18-27)29(6-2)26-36(30-19-14-11-15-20-30)41-31(33(37)39-7-3)32(42-36)34(38)40-8-4/h2,6,10-15,17-20,28-29,31-32H,5,7-9,16,21-26H2,1,3-4H3/t28?,29?,31-,32-,35?/m1/s1. The molecular weight excluding hydrogens is 528 g/mol. The number of hydrogen-bond donors (Lipinski definition) is 0. The number of benzene rings is 2. The number of rotatable bonds is 14. The van der Waals surface area contributed by atoms with E-state index in [4.69, 9.17) is 25.5 Å². The molecule has 2 aromatic carbocycles. The van der Waals surface area contributed by atoms with Crippen LogP contribution in [0.4, 0.5) is 0 Å². The van der Waals surface area contributed by atoms with Crippen LogP contribution < -0.4 is 0 Å². The second-order valence-electron chi connectivity index (χ2n) is 11.7. The van der Waals surface area contributed by atoms with Crippen LogP contribution in [0.5, 0.6) is 0 Å². The zero-order valence-corrected chi connectivity index (χ0v) is 25.5. The Morgan fingerprint density at radius 2 is 1.43 bits per heavy atom. The van der Waals surface area contributed by atoms with E-state index in [9.17, 15) is 9.59 Å². The van der Waals surface area contributed by atoms with Crippen molar-refractivity contribution >= 4 is 11.9 Å². The van der Waals surface area contributed by atoms with Crippen molar-refractivity contribution in [3.63, 3.8) is 0 Å². The minimum Gasteiger partial charge on any atom is -0.464 e. The van der Waals surface area contributed by atoms with Gasteiger partial charge in [0.25, 0.3) is 0 Å². The van der Waals surface area contributed by atoms with Crippen molar-refractivity contribution in [2.75, 3.05) is 13.2 Å². The quantitative estimate of drug-likeness (QED) is 0.170. The van der Waals surface area contributed by atoms with Gasteiger partial charge < -0.3 is 18.9 Å². The lowest BCUT2D eigenvalue weighted by Crippen LogP contribution is -2.40. The molecule has 42 heavy (non-hydrogen) atoms. The first-order valence-electron chi connectivity index (χ1n) is 15.8. The summed E-state index contributed by atoms with van der Waals surface area (Å²) in [5.41, 5.74) is 2.08. The number of carbonyl (C=O) groups excluding carboxylic acids is 2. The number of unbranched alkanes of at least 4 members (excludes halogenated alkanes) is 2. The summed E-state index contributed by atoms with van der Waals surface area (Å²) in [6.45, 7) is 12.5. The van der Waals surface area contributed by atoms with Gasteiger partial charge in [-0.3, -0.25) is 0 Å². The minimum atomic E-state index is -1.37. The van der Waals surface area contributed by atoms with Crippen LogP contribution in [0.2, 0.25) is 0 Å². The summed E-state index contributed by atoms with van der Waals surface area (Å²) in [7, 11) is 0. The van der Waals surface area contributed by atoms with Crippen LogP contribution in [0.15, 0.2) is 66.7 Å². The van der Waals surface area contributed by atoms with E-state index in [1.165, 1.54) is 5.56 Å². The van der Waals surface area contributed by atoms with Crippen molar-refractivity contribution in [1.82, 2.24) is 0 Å². The summed E-state index contributed by atoms with van der Waals surface area (Å²) >= 11 is 0. The van der Waals surface area contributed by atoms with Crippen molar-refractivity contribution in [1.29, 1.82) is 0 Å². The van der Waals surface area contributed by atoms with E-state index in [1.807, 2.05) is 36.4 Å². The lowest BCUT2D eigenvalue weighted by Gasteiger charge is -2.47. The Balaban J connectivity index is 1.69. The van der Waals surface area contributed by atoms with Crippen LogP contribution in [-0.2, 0) is 34.3 Å². The molecule has 0 N–H and O–H groups in total. The van der Waals surface area contributed by atoms with Crippen molar-refractivity contribution in [2.45, 2.75) is 102 Å². The average molecular weight is 576 g/mol. The summed E-state index contributed by atoms with van der Waals surface area (Å²) in [5.74, 6) is -2.20. The van der Waals surface area contributed by atoms with E-state index < -0.39 is 29.9 Å². The monoisotopic (exact) mass is 575 g/mol. The summed E-state index contributed by atoms with van der Waals surface area (Å²) < 4.78 is 23.7. The molecule has 1 saturated carbocycles. The molecule has 6 heteroatoms. The zero-order chi connectivity index (χ0) is 30.0. The Morgan fingerprint density at radius 1 is 0.881 bits per heavy atom. The van der Waals surface area contributed by atoms with Gasteiger partial charge in [-0.05, 0) is 68.8 Å². The fraction of sp³-hybridized carbons (Fsp3) is 0.556. The van der Waals surface area contributed by atoms with Gasteiger partial charge >= 0.3 is 11.9 Å². The topological polar surface area (TPSA) is 71.1 Å². The average Bonchev–Trinajstić information content (AvgIpc) is 3.43. The largest absolute Gasteiger partial charge is 0.464 e. The molecule has 1 aliphatic carbocycles. The summed E-state index contributed by atoms with van der Waals surface area (Å²) in [4.78, 5) is 26.2. The molecule has 6 nitrogen and oxygen atoms in total. The van der Waals surface area contributed by atoms with E-state index in [1.54, 1.807) is 13.8 Å². The van der Waals surface area contributed by atoms with Gasteiger partial charge in [-0.25, -0.2) is 9.59 Å². The fourth-order valence-electron chi connectivity index (χ4n) is 6.96. The van der Waals surface area contributed by atoms with E-state index in [0.717, 1.165) is 56.9 Å². The minimum absolute atomic E-state index is 0.0505. The summed E-state index contributed by atoms with van der Waals surface area (Å²) in [6, 6.07) is 20.3. The van der Waals surface area contributed by atoms with Gasteiger partial charge in [0, 0.05) is 12.0 Å². The molecule has 4 rings (SSSR count). The maximum Gasteiger partial charge on any atom is 0.338 e. The molecule has 1 radical (unpaired) electrons. The van der Waals surface area contributed by atoms with Crippen LogP contribution in [0.3, 0.4) is 0 Å². The molecule has 2 aromatic rings. The lowest BCUT2D eigenvalue weighted by atomic mass is 9.59. The van der Waals surface area contributed by atoms with Crippen molar-refractivity contribution in [3.05, 3.63) is 84.4 Å². The van der Waals surface area contributed by atoms with E-state index in [0.29, 0.717) is 12.3 Å². The molecule has 1 unspecified atom stereocenters. The first kappa shape index (κ1) is 32.0. The molecule has 0 spiro atoms. The predicted octanol–water partition coefficient (Wildman–Crippen LogP) is 7.67. The molecule has 1 aliphatic heterocycles. The maximum absolute atomic E-state index is 13.1. The molecule has 0 aromatic heterocycles. The van der Waals surface area contributed by atoms with Gasteiger partial charge in [-0.1, -0.05) is 99.5 Å². The lowest BCUT2D eigenvalue weighted by molar-refractivity contribution is -0.209. The highest BCUT2D eigenvalue weighted by Crippen LogP contribution is 2.55. The summed E-state index contributed by atoms with van der Waals surface area (Å²) in [5, 5.41) is 0. The first-order chi connectivity index (χ1) is 20.4. The highest BCUT2D eigenvalue weighted by Gasteiger charge is 2.57. The van der Waals surface area contributed by atoms with Gasteiger partial charge in [0.05, 0.1) is 13.2 Å². The third kappa shape index (κ3) is 7.15. The third-order valence-electron chi connectivity index (χ3n) is 9.20. The third-order valence-corrected chi connectivity index (χ3v) is 9.20. The van der Waals surface area contributed by atoms with E-state index in [-0.39, 0.29) is 24.5 Å². The highest BCUT2D eigenvalue weighted by molar-refractivity contribution is 5.86. The number of hydrogen-bond acceptors (Lipinski definition) is 6. The Labute approximate surface area is 251 Å². The molecule has 227 valence electrons. The van der Waals surface area contributed by atoms with Gasteiger partial charge in [0.15, 0.2) is 18.0 Å². The molecule has 0 bridgehead atoms. The normalized spacial score (nSPS) is 25.8. The summed E-state index contributed by atoms with van der Waals surface area (Å²) in [6.07, 6.45) is 8.39. The van der Waals surface area contributed by atoms with E-state index >= 15 is 0 Å². The fourth-order valence-corrected chi connectivity index (χ4v) is 6.96. The van der Waals surface area contributed by atoms with Gasteiger partial charge in [0.1, 0.15) is 0 Å². The van der Waals surface area contributed by atoms with Crippen LogP contribution in [-0.4, -0.2) is 37.4 Å². The highest BCUT2D eigenvalue weighted by atomic mass is 16.8. The number of esters is 2. The number of carbonyl (C=O) groups is 2. The Morgan fingerprint density at radius 3 is 1.93 bits per heavy atom. The van der Waals surface area contributed by atoms with Crippen molar-refractivity contribution in [2.24, 2.45) is 11.3 Å². The van der Waals surface area contributed by atoms with Crippen molar-refractivity contribution < 1.29 is 28.5 Å². The molecule has 0 amide bonds. The molecule has 2 fully saturated rings. The predicted molar refractivity (Wildman–Crippen MR) is 162 cm³/mol. The van der Waals surface area contributed by atoms with Gasteiger partial charge in [0.2, 0.25) is 0 Å². The second-order valence-corrected chi connectivity index (χ2v) is 11.7. The zero-order valence-electron chi connectivity index (χ0n) is 25.5. The number of allylic oxidation sites excluding steroid dienone is 1. The molecule has 3 atom stereocenters. The van der Waals surface area contributed by atoms with Crippen molar-refractivity contribution in [3.8, 4) is 0 Å². The Kier molecular flexibility index (Phi) is 11.4. The Hall–Kier alpha value is -2.96. The smallest absolute Gasteiger partial charge is 0.338 e. The number of ether oxygens (including phenoxy) is 4.